The first-order valence-electron chi connectivity index (χ1n) is 5.73. The molecule has 0 aliphatic rings. The lowest BCUT2D eigenvalue weighted by Crippen LogP contribution is -2.24. The molecule has 0 aromatic carbocycles. The van der Waals surface area contributed by atoms with E-state index < -0.39 is 5.97 Å². The molecule has 0 radical (unpaired) electrons. The smallest absolute Gasteiger partial charge is 0.341 e. The maximum Gasteiger partial charge on any atom is 0.341 e. The number of nitrogens with zero attached hydrogens (tertiary/aromatic N) is 2. The molecule has 0 aliphatic heterocycles. The number of rotatable bonds is 6. The van der Waals surface area contributed by atoms with E-state index in [9.17, 15) is 4.79 Å². The fourth-order valence-corrected chi connectivity index (χ4v) is 1.72. The Kier molecular flexibility index (Phi) is 4.43. The molecule has 0 fully saturated rings. The monoisotopic (exact) mass is 237 g/mol. The van der Waals surface area contributed by atoms with E-state index in [0.717, 1.165) is 12.8 Å². The molecule has 1 heterocycles. The molecule has 0 atom stereocenters. The summed E-state index contributed by atoms with van der Waals surface area (Å²) >= 11 is 0. The minimum Gasteiger partial charge on any atom is -0.477 e. The number of aromatic carboxylic acids is 1. The topological polar surface area (TPSA) is 75.1 Å². The summed E-state index contributed by atoms with van der Waals surface area (Å²) in [4.78, 5) is 18.6. The Bertz CT molecular complexity index is 391. The van der Waals surface area contributed by atoms with Crippen LogP contribution in [0.15, 0.2) is 12.5 Å². The van der Waals surface area contributed by atoms with Crippen LogP contribution in [0.3, 0.4) is 0 Å². The first-order valence-corrected chi connectivity index (χ1v) is 5.73. The van der Waals surface area contributed by atoms with E-state index in [-0.39, 0.29) is 11.0 Å². The highest BCUT2D eigenvalue weighted by molar-refractivity contribution is 5.92. The van der Waals surface area contributed by atoms with E-state index in [4.69, 9.17) is 5.11 Å². The van der Waals surface area contributed by atoms with Crippen molar-refractivity contribution in [3.63, 3.8) is 0 Å². The van der Waals surface area contributed by atoms with Gasteiger partial charge in [0.25, 0.3) is 0 Å². The van der Waals surface area contributed by atoms with E-state index in [1.165, 1.54) is 12.5 Å². The van der Waals surface area contributed by atoms with Crippen LogP contribution in [-0.2, 0) is 0 Å². The molecule has 94 valence electrons. The minimum absolute atomic E-state index is 0.111. The van der Waals surface area contributed by atoms with E-state index in [1.54, 1.807) is 0 Å². The van der Waals surface area contributed by atoms with Gasteiger partial charge in [0.15, 0.2) is 0 Å². The zero-order valence-corrected chi connectivity index (χ0v) is 10.5. The van der Waals surface area contributed by atoms with E-state index in [2.05, 4.69) is 36.1 Å². The maximum absolute atomic E-state index is 11.0. The van der Waals surface area contributed by atoms with Crippen LogP contribution in [0.4, 0.5) is 5.82 Å². The summed E-state index contributed by atoms with van der Waals surface area (Å²) in [6.07, 6.45) is 4.84. The molecule has 0 unspecified atom stereocenters. The van der Waals surface area contributed by atoms with E-state index in [0.29, 0.717) is 12.4 Å². The lowest BCUT2D eigenvalue weighted by Gasteiger charge is -2.24. The first-order chi connectivity index (χ1) is 7.96. The molecule has 0 spiro atoms. The fraction of sp³-hybridized carbons (Fsp3) is 0.583. The third-order valence-electron chi connectivity index (χ3n) is 2.60. The summed E-state index contributed by atoms with van der Waals surface area (Å²) in [6, 6.07) is 0. The second kappa shape index (κ2) is 5.61. The Morgan fingerprint density at radius 2 is 2.24 bits per heavy atom. The van der Waals surface area contributed by atoms with Gasteiger partial charge in [-0.05, 0) is 11.8 Å². The van der Waals surface area contributed by atoms with Gasteiger partial charge in [0.1, 0.15) is 17.7 Å². The molecule has 17 heavy (non-hydrogen) atoms. The van der Waals surface area contributed by atoms with Gasteiger partial charge < -0.3 is 10.4 Å². The van der Waals surface area contributed by atoms with Gasteiger partial charge in [-0.3, -0.25) is 0 Å². The molecule has 0 amide bonds. The van der Waals surface area contributed by atoms with Crippen molar-refractivity contribution in [2.75, 3.05) is 11.9 Å². The molecule has 0 saturated heterocycles. The maximum atomic E-state index is 11.0. The summed E-state index contributed by atoms with van der Waals surface area (Å²) in [5.74, 6) is -0.627. The lowest BCUT2D eigenvalue weighted by molar-refractivity contribution is 0.0697. The van der Waals surface area contributed by atoms with Crippen molar-refractivity contribution in [1.29, 1.82) is 0 Å². The van der Waals surface area contributed by atoms with Crippen molar-refractivity contribution in [2.24, 2.45) is 5.41 Å². The largest absolute Gasteiger partial charge is 0.477 e. The predicted octanol–water partition coefficient (Wildman–Crippen LogP) is 2.41. The predicted molar refractivity (Wildman–Crippen MR) is 66.2 cm³/mol. The van der Waals surface area contributed by atoms with Gasteiger partial charge in [-0.1, -0.05) is 27.2 Å². The van der Waals surface area contributed by atoms with Crippen LogP contribution in [0.2, 0.25) is 0 Å². The second-order valence-corrected chi connectivity index (χ2v) is 4.86. The number of aromatic nitrogens is 2. The first kappa shape index (κ1) is 13.4. The summed E-state index contributed by atoms with van der Waals surface area (Å²) in [6.45, 7) is 7.11. The Hall–Kier alpha value is -1.65. The molecule has 5 nitrogen and oxygen atoms in total. The van der Waals surface area contributed by atoms with Crippen LogP contribution in [-0.4, -0.2) is 27.6 Å². The Morgan fingerprint density at radius 1 is 1.53 bits per heavy atom. The average Bonchev–Trinajstić information content (AvgIpc) is 2.27. The van der Waals surface area contributed by atoms with Gasteiger partial charge in [-0.25, -0.2) is 14.8 Å². The molecule has 5 heteroatoms. The Morgan fingerprint density at radius 3 is 2.82 bits per heavy atom. The molecule has 2 N–H and O–H groups in total. The van der Waals surface area contributed by atoms with Crippen LogP contribution in [0.25, 0.3) is 0 Å². The second-order valence-electron chi connectivity index (χ2n) is 4.86. The normalized spacial score (nSPS) is 11.2. The van der Waals surface area contributed by atoms with Crippen molar-refractivity contribution >= 4 is 11.8 Å². The summed E-state index contributed by atoms with van der Waals surface area (Å²) < 4.78 is 0. The van der Waals surface area contributed by atoms with Crippen LogP contribution in [0, 0.1) is 5.41 Å². The van der Waals surface area contributed by atoms with Gasteiger partial charge in [0.05, 0.1) is 0 Å². The van der Waals surface area contributed by atoms with E-state index >= 15 is 0 Å². The molecule has 1 aromatic rings. The molecular formula is C12H19N3O2. The number of nitrogens with one attached hydrogen (secondary N) is 1. The highest BCUT2D eigenvalue weighted by atomic mass is 16.4. The highest BCUT2D eigenvalue weighted by Crippen LogP contribution is 2.23. The molecule has 1 rings (SSSR count). The number of carboxylic acids is 1. The minimum atomic E-state index is -1.01. The number of hydrogen-bond donors (Lipinski definition) is 2. The van der Waals surface area contributed by atoms with Crippen LogP contribution in [0.1, 0.15) is 44.0 Å². The van der Waals surface area contributed by atoms with Crippen molar-refractivity contribution in [3.05, 3.63) is 18.1 Å². The van der Waals surface area contributed by atoms with Gasteiger partial charge >= 0.3 is 5.97 Å². The molecule has 0 bridgehead atoms. The summed E-state index contributed by atoms with van der Waals surface area (Å²) in [5.41, 5.74) is 0.231. The molecule has 0 aliphatic carbocycles. The van der Waals surface area contributed by atoms with Crippen molar-refractivity contribution in [3.8, 4) is 0 Å². The zero-order chi connectivity index (χ0) is 12.9. The van der Waals surface area contributed by atoms with Crippen LogP contribution < -0.4 is 5.32 Å². The van der Waals surface area contributed by atoms with Gasteiger partial charge in [-0.15, -0.1) is 0 Å². The molecule has 0 saturated carbocycles. The number of carboxylic acid groups (broad SMARTS) is 1. The highest BCUT2D eigenvalue weighted by Gasteiger charge is 2.18. The quantitative estimate of drug-likeness (QED) is 0.794. The molecular weight excluding hydrogens is 218 g/mol. The van der Waals surface area contributed by atoms with Crippen molar-refractivity contribution in [1.82, 2.24) is 9.97 Å². The van der Waals surface area contributed by atoms with Crippen LogP contribution >= 0.6 is 0 Å². The average molecular weight is 237 g/mol. The third-order valence-corrected chi connectivity index (χ3v) is 2.60. The van der Waals surface area contributed by atoms with Crippen LogP contribution in [0.5, 0.6) is 0 Å². The van der Waals surface area contributed by atoms with E-state index in [1.807, 2.05) is 0 Å². The fourth-order valence-electron chi connectivity index (χ4n) is 1.72. The lowest BCUT2D eigenvalue weighted by atomic mass is 9.88. The van der Waals surface area contributed by atoms with Gasteiger partial charge in [0.2, 0.25) is 0 Å². The molecule has 1 aromatic heterocycles. The number of anilines is 1. The third kappa shape index (κ3) is 4.01. The van der Waals surface area contributed by atoms with Crippen molar-refractivity contribution in [2.45, 2.75) is 33.6 Å². The van der Waals surface area contributed by atoms with Crippen molar-refractivity contribution < 1.29 is 9.90 Å². The standard InChI is InChI=1S/C12H19N3O2/c1-4-5-12(2,3)7-14-10-9(11(16)17)6-13-8-15-10/h6,8H,4-5,7H2,1-3H3,(H,16,17)(H,13,14,15). The Balaban J connectivity index is 2.72. The summed E-state index contributed by atoms with van der Waals surface area (Å²) in [7, 11) is 0. The Labute approximate surface area is 101 Å². The number of hydrogen-bond acceptors (Lipinski definition) is 4. The van der Waals surface area contributed by atoms with Gasteiger partial charge in [0, 0.05) is 12.7 Å². The SMILES string of the molecule is CCCC(C)(C)CNc1ncncc1C(=O)O. The zero-order valence-electron chi connectivity index (χ0n) is 10.5. The number of carbonyl (C=O) groups is 1. The van der Waals surface area contributed by atoms with Gasteiger partial charge in [-0.2, -0.15) is 0 Å². The summed E-state index contributed by atoms with van der Waals surface area (Å²) in [5, 5.41) is 12.1.